The highest BCUT2D eigenvalue weighted by molar-refractivity contribution is 7.03. The summed E-state index contributed by atoms with van der Waals surface area (Å²) in [7, 11) is 0. The fourth-order valence-corrected chi connectivity index (χ4v) is 3.59. The van der Waals surface area contributed by atoms with Gasteiger partial charge >= 0.3 is 0 Å². The molecule has 1 saturated heterocycles. The number of hydrogen-bond acceptors (Lipinski definition) is 5. The number of hydrogen-bond donors (Lipinski definition) is 1. The van der Waals surface area contributed by atoms with Gasteiger partial charge in [0.15, 0.2) is 5.69 Å². The summed E-state index contributed by atoms with van der Waals surface area (Å²) >= 11 is 1.20. The zero-order valence-electron chi connectivity index (χ0n) is 14.2. The number of amides is 1. The molecule has 5 nitrogen and oxygen atoms in total. The number of carbonyl (C=O) groups is 1. The van der Waals surface area contributed by atoms with Crippen LogP contribution in [-0.2, 0) is 0 Å². The van der Waals surface area contributed by atoms with E-state index in [4.69, 9.17) is 0 Å². The lowest BCUT2D eigenvalue weighted by atomic mass is 9.98. The Morgan fingerprint density at radius 3 is 2.46 bits per heavy atom. The molecule has 1 aliphatic rings. The topological polar surface area (TPSA) is 58.1 Å². The number of rotatable bonds is 6. The first-order chi connectivity index (χ1) is 11.6. The fourth-order valence-electron chi connectivity index (χ4n) is 3.16. The molecule has 0 aliphatic carbocycles. The lowest BCUT2D eigenvalue weighted by Crippen LogP contribution is -2.37. The number of aromatic nitrogens is 2. The lowest BCUT2D eigenvalue weighted by Gasteiger charge is -2.28. The van der Waals surface area contributed by atoms with Gasteiger partial charge in [-0.15, -0.1) is 5.10 Å². The first-order valence-electron chi connectivity index (χ1n) is 8.54. The zero-order chi connectivity index (χ0) is 16.9. The van der Waals surface area contributed by atoms with Crippen molar-refractivity contribution in [3.63, 3.8) is 0 Å². The average Bonchev–Trinajstić information content (AvgIpc) is 3.29. The Bertz CT molecular complexity index is 648. The highest BCUT2D eigenvalue weighted by Crippen LogP contribution is 2.26. The van der Waals surface area contributed by atoms with Crippen LogP contribution in [0.15, 0.2) is 29.6 Å². The first kappa shape index (κ1) is 17.0. The zero-order valence-corrected chi connectivity index (χ0v) is 15.1. The van der Waals surface area contributed by atoms with E-state index in [1.807, 2.05) is 0 Å². The largest absolute Gasteiger partial charge is 0.349 e. The van der Waals surface area contributed by atoms with Crippen LogP contribution in [0, 0.1) is 0 Å². The quantitative estimate of drug-likeness (QED) is 0.874. The Kier molecular flexibility index (Phi) is 5.58. The Balaban J connectivity index is 1.72. The van der Waals surface area contributed by atoms with Gasteiger partial charge in [0.25, 0.3) is 5.91 Å². The van der Waals surface area contributed by atoms with E-state index in [0.29, 0.717) is 18.2 Å². The number of nitrogens with zero attached hydrogens (tertiary/aromatic N) is 3. The SMILES string of the molecule is CC(C)c1ccc([C@@H](CNC(=O)c2csnn2)N2CCCC2)cc1. The second kappa shape index (κ2) is 7.85. The van der Waals surface area contributed by atoms with Crippen LogP contribution >= 0.6 is 11.5 Å². The highest BCUT2D eigenvalue weighted by Gasteiger charge is 2.24. The van der Waals surface area contributed by atoms with E-state index in [2.05, 4.69) is 57.9 Å². The minimum absolute atomic E-state index is 0.147. The monoisotopic (exact) mass is 344 g/mol. The van der Waals surface area contributed by atoms with Gasteiger partial charge in [0.2, 0.25) is 0 Å². The van der Waals surface area contributed by atoms with Crippen LogP contribution in [0.1, 0.15) is 60.3 Å². The summed E-state index contributed by atoms with van der Waals surface area (Å²) in [5.74, 6) is 0.382. The predicted octanol–water partition coefficient (Wildman–Crippen LogP) is 3.23. The van der Waals surface area contributed by atoms with E-state index in [-0.39, 0.29) is 11.9 Å². The van der Waals surface area contributed by atoms with Crippen molar-refractivity contribution in [2.45, 2.75) is 38.6 Å². The molecule has 2 heterocycles. The molecule has 128 valence electrons. The molecular weight excluding hydrogens is 320 g/mol. The summed E-state index contributed by atoms with van der Waals surface area (Å²) in [6.45, 7) is 7.18. The molecule has 0 bridgehead atoms. The normalized spacial score (nSPS) is 16.5. The summed E-state index contributed by atoms with van der Waals surface area (Å²) in [6, 6.07) is 9.03. The van der Waals surface area contributed by atoms with Crippen molar-refractivity contribution in [2.24, 2.45) is 0 Å². The van der Waals surface area contributed by atoms with Gasteiger partial charge < -0.3 is 5.32 Å². The van der Waals surface area contributed by atoms with E-state index in [9.17, 15) is 4.79 Å². The third kappa shape index (κ3) is 3.99. The van der Waals surface area contributed by atoms with Gasteiger partial charge in [-0.05, 0) is 54.5 Å². The molecule has 3 rings (SSSR count). The van der Waals surface area contributed by atoms with Gasteiger partial charge in [0.05, 0.1) is 6.04 Å². The maximum Gasteiger partial charge on any atom is 0.272 e. The Labute approximate surface area is 147 Å². The van der Waals surface area contributed by atoms with Gasteiger partial charge in [-0.3, -0.25) is 9.69 Å². The summed E-state index contributed by atoms with van der Waals surface area (Å²) in [6.07, 6.45) is 2.45. The summed E-state index contributed by atoms with van der Waals surface area (Å²) < 4.78 is 3.75. The van der Waals surface area contributed by atoms with Crippen molar-refractivity contribution in [1.82, 2.24) is 19.8 Å². The first-order valence-corrected chi connectivity index (χ1v) is 9.38. The second-order valence-electron chi connectivity index (χ2n) is 6.58. The van der Waals surface area contributed by atoms with Crippen molar-refractivity contribution in [3.05, 3.63) is 46.5 Å². The van der Waals surface area contributed by atoms with Crippen LogP contribution in [0.3, 0.4) is 0 Å². The molecule has 1 N–H and O–H groups in total. The Hall–Kier alpha value is -1.79. The van der Waals surface area contributed by atoms with Crippen molar-refractivity contribution in [2.75, 3.05) is 19.6 Å². The molecule has 24 heavy (non-hydrogen) atoms. The molecule has 2 aromatic rings. The van der Waals surface area contributed by atoms with Crippen LogP contribution < -0.4 is 5.32 Å². The van der Waals surface area contributed by atoms with Gasteiger partial charge in [-0.2, -0.15) is 0 Å². The second-order valence-corrected chi connectivity index (χ2v) is 7.19. The molecule has 0 saturated carbocycles. The van der Waals surface area contributed by atoms with Crippen LogP contribution in [0.25, 0.3) is 0 Å². The lowest BCUT2D eigenvalue weighted by molar-refractivity contribution is 0.0933. The standard InChI is InChI=1S/C18H24N4OS/c1-13(2)14-5-7-15(8-6-14)17(22-9-3-4-10-22)11-19-18(23)16-12-24-21-20-16/h5-8,12-13,17H,3-4,9-11H2,1-2H3,(H,19,23)/t17-/m1/s1. The third-order valence-electron chi connectivity index (χ3n) is 4.62. The van der Waals surface area contributed by atoms with Crippen LogP contribution in [0.2, 0.25) is 0 Å². The number of carbonyl (C=O) groups excluding carboxylic acids is 1. The molecule has 0 spiro atoms. The molecular formula is C18H24N4OS. The minimum Gasteiger partial charge on any atom is -0.349 e. The molecule has 1 aromatic heterocycles. The number of benzene rings is 1. The Morgan fingerprint density at radius 1 is 1.21 bits per heavy atom. The van der Waals surface area contributed by atoms with E-state index in [0.717, 1.165) is 13.1 Å². The molecule has 6 heteroatoms. The number of nitrogens with one attached hydrogen (secondary N) is 1. The van der Waals surface area contributed by atoms with Gasteiger partial charge in [-0.25, -0.2) is 0 Å². The maximum atomic E-state index is 12.2. The van der Waals surface area contributed by atoms with Crippen molar-refractivity contribution in [3.8, 4) is 0 Å². The maximum absolute atomic E-state index is 12.2. The van der Waals surface area contributed by atoms with Gasteiger partial charge in [-0.1, -0.05) is 42.6 Å². The summed E-state index contributed by atoms with van der Waals surface area (Å²) in [5.41, 5.74) is 3.00. The summed E-state index contributed by atoms with van der Waals surface area (Å²) in [4.78, 5) is 14.6. The molecule has 0 unspecified atom stereocenters. The van der Waals surface area contributed by atoms with Crippen LogP contribution in [0.4, 0.5) is 0 Å². The van der Waals surface area contributed by atoms with E-state index in [1.54, 1.807) is 5.38 Å². The molecule has 1 fully saturated rings. The molecule has 1 amide bonds. The van der Waals surface area contributed by atoms with Crippen molar-refractivity contribution < 1.29 is 4.79 Å². The van der Waals surface area contributed by atoms with Crippen LogP contribution in [0.5, 0.6) is 0 Å². The van der Waals surface area contributed by atoms with E-state index < -0.39 is 0 Å². The fraction of sp³-hybridized carbons (Fsp3) is 0.500. The number of likely N-dealkylation sites (tertiary alicyclic amines) is 1. The Morgan fingerprint density at radius 2 is 1.88 bits per heavy atom. The molecule has 1 aliphatic heterocycles. The third-order valence-corrected chi connectivity index (χ3v) is 5.12. The van der Waals surface area contributed by atoms with E-state index in [1.165, 1.54) is 35.5 Å². The van der Waals surface area contributed by atoms with Crippen LogP contribution in [-0.4, -0.2) is 40.0 Å². The molecule has 1 aromatic carbocycles. The smallest absolute Gasteiger partial charge is 0.272 e. The average molecular weight is 344 g/mol. The van der Waals surface area contributed by atoms with Crippen molar-refractivity contribution in [1.29, 1.82) is 0 Å². The van der Waals surface area contributed by atoms with E-state index >= 15 is 0 Å². The molecule has 0 radical (unpaired) electrons. The van der Waals surface area contributed by atoms with Crippen molar-refractivity contribution >= 4 is 17.4 Å². The minimum atomic E-state index is -0.147. The van der Waals surface area contributed by atoms with Gasteiger partial charge in [0.1, 0.15) is 0 Å². The highest BCUT2D eigenvalue weighted by atomic mass is 32.1. The van der Waals surface area contributed by atoms with Gasteiger partial charge in [0, 0.05) is 11.9 Å². The predicted molar refractivity (Wildman–Crippen MR) is 96.3 cm³/mol. The molecule has 1 atom stereocenters. The summed E-state index contributed by atoms with van der Waals surface area (Å²) in [5, 5.41) is 8.54.